The summed E-state index contributed by atoms with van der Waals surface area (Å²) < 4.78 is 0. The van der Waals surface area contributed by atoms with Crippen LogP contribution in [0.15, 0.2) is 0 Å². The molecule has 0 bridgehead atoms. The topological polar surface area (TPSA) is 52.5 Å². The second-order valence-corrected chi connectivity index (χ2v) is 2.30. The van der Waals surface area contributed by atoms with E-state index < -0.39 is 0 Å². The maximum absolute atomic E-state index is 8.56. The van der Waals surface area contributed by atoms with Crippen molar-refractivity contribution in [1.29, 1.82) is 0 Å². The highest BCUT2D eigenvalue weighted by Gasteiger charge is 2.01. The van der Waals surface area contributed by atoms with Gasteiger partial charge in [-0.1, -0.05) is 6.92 Å². The van der Waals surface area contributed by atoms with Gasteiger partial charge in [-0.05, 0) is 12.8 Å². The molecule has 0 saturated heterocycles. The summed E-state index contributed by atoms with van der Waals surface area (Å²) in [5.41, 5.74) is 0. The molecular formula is C7H17NO2. The van der Waals surface area contributed by atoms with Crippen molar-refractivity contribution in [2.24, 2.45) is 0 Å². The van der Waals surface area contributed by atoms with Crippen LogP contribution in [-0.2, 0) is 0 Å². The Morgan fingerprint density at radius 2 is 2.00 bits per heavy atom. The molecule has 3 N–H and O–H groups in total. The number of nitrogens with one attached hydrogen (secondary N) is 1. The van der Waals surface area contributed by atoms with Gasteiger partial charge in [0.05, 0.1) is 6.61 Å². The van der Waals surface area contributed by atoms with E-state index in [-0.39, 0.29) is 13.2 Å². The summed E-state index contributed by atoms with van der Waals surface area (Å²) in [5.74, 6) is 0. The molecule has 0 aliphatic rings. The summed E-state index contributed by atoms with van der Waals surface area (Å²) in [6, 6.07) is 0.358. The Balaban J connectivity index is 3.21. The second kappa shape index (κ2) is 6.99. The third kappa shape index (κ3) is 4.73. The van der Waals surface area contributed by atoms with Crippen LogP contribution in [-0.4, -0.2) is 36.0 Å². The Hall–Kier alpha value is -0.120. The van der Waals surface area contributed by atoms with E-state index in [0.29, 0.717) is 12.6 Å². The third-order valence-corrected chi connectivity index (χ3v) is 1.52. The van der Waals surface area contributed by atoms with Gasteiger partial charge < -0.3 is 15.5 Å². The van der Waals surface area contributed by atoms with E-state index in [1.165, 1.54) is 0 Å². The lowest BCUT2D eigenvalue weighted by molar-refractivity contribution is 0.246. The lowest BCUT2D eigenvalue weighted by Crippen LogP contribution is -2.31. The highest BCUT2D eigenvalue weighted by atomic mass is 16.3. The molecule has 62 valence electrons. The van der Waals surface area contributed by atoms with Crippen LogP contribution in [0.1, 0.15) is 19.8 Å². The largest absolute Gasteiger partial charge is 0.396 e. The summed E-state index contributed by atoms with van der Waals surface area (Å²) in [7, 11) is 0. The average Bonchev–Trinajstić information content (AvgIpc) is 1.98. The number of aliphatic hydroxyl groups is 2. The van der Waals surface area contributed by atoms with E-state index in [4.69, 9.17) is 10.2 Å². The summed E-state index contributed by atoms with van der Waals surface area (Å²) in [6.07, 6.45) is 1.77. The zero-order valence-electron chi connectivity index (χ0n) is 6.51. The molecule has 0 spiro atoms. The van der Waals surface area contributed by atoms with Crippen LogP contribution in [0.5, 0.6) is 0 Å². The lowest BCUT2D eigenvalue weighted by atomic mass is 10.1. The zero-order valence-corrected chi connectivity index (χ0v) is 6.51. The van der Waals surface area contributed by atoms with Crippen molar-refractivity contribution in [2.45, 2.75) is 25.8 Å². The van der Waals surface area contributed by atoms with Crippen LogP contribution in [0.2, 0.25) is 0 Å². The second-order valence-electron chi connectivity index (χ2n) is 2.30. The first-order valence-electron chi connectivity index (χ1n) is 3.80. The molecule has 0 heterocycles. The van der Waals surface area contributed by atoms with Crippen molar-refractivity contribution in [3.63, 3.8) is 0 Å². The van der Waals surface area contributed by atoms with E-state index in [1.807, 2.05) is 0 Å². The highest BCUT2D eigenvalue weighted by Crippen LogP contribution is 1.94. The molecule has 0 saturated carbocycles. The molecule has 0 amide bonds. The van der Waals surface area contributed by atoms with E-state index in [1.54, 1.807) is 0 Å². The molecule has 1 atom stereocenters. The Kier molecular flexibility index (Phi) is 6.91. The SMILES string of the molecule is CCC(CCO)NCCO. The third-order valence-electron chi connectivity index (χ3n) is 1.52. The average molecular weight is 147 g/mol. The molecule has 0 aromatic heterocycles. The number of hydrogen-bond acceptors (Lipinski definition) is 3. The Bertz CT molecular complexity index is 68.6. The molecule has 3 heteroatoms. The Morgan fingerprint density at radius 3 is 2.40 bits per heavy atom. The van der Waals surface area contributed by atoms with Crippen molar-refractivity contribution in [2.75, 3.05) is 19.8 Å². The first-order valence-corrected chi connectivity index (χ1v) is 3.80. The first-order chi connectivity index (χ1) is 4.85. The lowest BCUT2D eigenvalue weighted by Gasteiger charge is -2.13. The van der Waals surface area contributed by atoms with Gasteiger partial charge >= 0.3 is 0 Å². The van der Waals surface area contributed by atoms with Crippen molar-refractivity contribution in [1.82, 2.24) is 5.32 Å². The summed E-state index contributed by atoms with van der Waals surface area (Å²) in [5, 5.41) is 20.1. The molecule has 1 unspecified atom stereocenters. The van der Waals surface area contributed by atoms with E-state index in [9.17, 15) is 0 Å². The molecule has 0 aromatic carbocycles. The van der Waals surface area contributed by atoms with Gasteiger partial charge in [-0.15, -0.1) is 0 Å². The molecule has 0 fully saturated rings. The normalized spacial score (nSPS) is 13.5. The van der Waals surface area contributed by atoms with Crippen molar-refractivity contribution >= 4 is 0 Å². The summed E-state index contributed by atoms with van der Waals surface area (Å²) in [4.78, 5) is 0. The Labute approximate surface area is 62.1 Å². The fraction of sp³-hybridized carbons (Fsp3) is 1.00. The highest BCUT2D eigenvalue weighted by molar-refractivity contribution is 4.62. The van der Waals surface area contributed by atoms with Gasteiger partial charge in [0.1, 0.15) is 0 Å². The fourth-order valence-corrected chi connectivity index (χ4v) is 0.875. The quantitative estimate of drug-likeness (QED) is 0.485. The van der Waals surface area contributed by atoms with Crippen LogP contribution in [0.3, 0.4) is 0 Å². The molecule has 3 nitrogen and oxygen atoms in total. The van der Waals surface area contributed by atoms with Crippen LogP contribution in [0.4, 0.5) is 0 Å². The van der Waals surface area contributed by atoms with Gasteiger partial charge in [0.2, 0.25) is 0 Å². The van der Waals surface area contributed by atoms with Gasteiger partial charge in [0.15, 0.2) is 0 Å². The minimum atomic E-state index is 0.169. The smallest absolute Gasteiger partial charge is 0.0556 e. The maximum atomic E-state index is 8.56. The van der Waals surface area contributed by atoms with Gasteiger partial charge in [0.25, 0.3) is 0 Å². The standard InChI is InChI=1S/C7H17NO2/c1-2-7(3-5-9)8-4-6-10/h7-10H,2-6H2,1H3. The predicted octanol–water partition coefficient (Wildman–Crippen LogP) is -0.271. The van der Waals surface area contributed by atoms with Crippen molar-refractivity contribution in [3.05, 3.63) is 0 Å². The molecule has 0 aliphatic carbocycles. The molecular weight excluding hydrogens is 130 g/mol. The fourth-order valence-electron chi connectivity index (χ4n) is 0.875. The first kappa shape index (κ1) is 9.88. The summed E-state index contributed by atoms with van der Waals surface area (Å²) >= 11 is 0. The van der Waals surface area contributed by atoms with E-state index in [2.05, 4.69) is 12.2 Å². The predicted molar refractivity (Wildman–Crippen MR) is 40.9 cm³/mol. The van der Waals surface area contributed by atoms with Crippen molar-refractivity contribution < 1.29 is 10.2 Å². The summed E-state index contributed by atoms with van der Waals surface area (Å²) in [6.45, 7) is 3.07. The minimum Gasteiger partial charge on any atom is -0.396 e. The van der Waals surface area contributed by atoms with Crippen LogP contribution >= 0.6 is 0 Å². The maximum Gasteiger partial charge on any atom is 0.0556 e. The number of rotatable bonds is 6. The monoisotopic (exact) mass is 147 g/mol. The van der Waals surface area contributed by atoms with Gasteiger partial charge in [-0.2, -0.15) is 0 Å². The molecule has 0 radical (unpaired) electrons. The zero-order chi connectivity index (χ0) is 7.82. The molecule has 0 aromatic rings. The van der Waals surface area contributed by atoms with Crippen LogP contribution in [0.25, 0.3) is 0 Å². The number of aliphatic hydroxyl groups excluding tert-OH is 2. The van der Waals surface area contributed by atoms with Gasteiger partial charge in [0, 0.05) is 19.2 Å². The molecule has 0 rings (SSSR count). The van der Waals surface area contributed by atoms with Crippen LogP contribution in [0, 0.1) is 0 Å². The Morgan fingerprint density at radius 1 is 1.30 bits per heavy atom. The van der Waals surface area contributed by atoms with E-state index >= 15 is 0 Å². The minimum absolute atomic E-state index is 0.169. The van der Waals surface area contributed by atoms with Gasteiger partial charge in [-0.3, -0.25) is 0 Å². The van der Waals surface area contributed by atoms with Gasteiger partial charge in [-0.25, -0.2) is 0 Å². The van der Waals surface area contributed by atoms with Crippen LogP contribution < -0.4 is 5.32 Å². The van der Waals surface area contributed by atoms with Crippen molar-refractivity contribution in [3.8, 4) is 0 Å². The molecule has 0 aliphatic heterocycles. The number of hydrogen-bond donors (Lipinski definition) is 3. The van der Waals surface area contributed by atoms with E-state index in [0.717, 1.165) is 12.8 Å². The molecule has 10 heavy (non-hydrogen) atoms.